The van der Waals surface area contributed by atoms with Crippen LogP contribution in [0.1, 0.15) is 12.5 Å². The predicted octanol–water partition coefficient (Wildman–Crippen LogP) is 5.25. The Balaban J connectivity index is 2.04. The van der Waals surface area contributed by atoms with Gasteiger partial charge in [-0.2, -0.15) is 0 Å². The van der Waals surface area contributed by atoms with Crippen molar-refractivity contribution in [3.8, 4) is 17.1 Å². The van der Waals surface area contributed by atoms with Gasteiger partial charge in [0.15, 0.2) is 0 Å². The lowest BCUT2D eigenvalue weighted by Gasteiger charge is -2.09. The van der Waals surface area contributed by atoms with Crippen molar-refractivity contribution in [3.05, 3.63) is 84.4 Å². The molecule has 0 aliphatic carbocycles. The number of rotatable bonds is 3. The van der Waals surface area contributed by atoms with Crippen molar-refractivity contribution in [2.45, 2.75) is 13.3 Å². The summed E-state index contributed by atoms with van der Waals surface area (Å²) in [5.74, 6) is 0.986. The van der Waals surface area contributed by atoms with Crippen molar-refractivity contribution in [1.29, 1.82) is 0 Å². The molecule has 0 saturated heterocycles. The Morgan fingerprint density at radius 3 is 2.22 bits per heavy atom. The smallest absolute Gasteiger partial charge is 0.145 e. The summed E-state index contributed by atoms with van der Waals surface area (Å²) in [5, 5.41) is 0. The van der Waals surface area contributed by atoms with Gasteiger partial charge in [-0.3, -0.25) is 4.57 Å². The monoisotopic (exact) mass is 298 g/mol. The maximum absolute atomic E-state index is 4.93. The Morgan fingerprint density at radius 2 is 1.52 bits per heavy atom. The molecule has 3 aromatic carbocycles. The average Bonchev–Trinajstić information content (AvgIpc) is 3.01. The van der Waals surface area contributed by atoms with Crippen LogP contribution in [0.25, 0.3) is 28.1 Å². The van der Waals surface area contributed by atoms with Gasteiger partial charge in [0.1, 0.15) is 5.82 Å². The SMILES string of the molecule is CCc1ccc2c(c1)nc(-c1ccccc1)n2-c1ccccc1. The number of hydrogen-bond acceptors (Lipinski definition) is 1. The van der Waals surface area contributed by atoms with Gasteiger partial charge in [-0.15, -0.1) is 0 Å². The Hall–Kier alpha value is -2.87. The minimum absolute atomic E-state index is 0.986. The highest BCUT2D eigenvalue weighted by molar-refractivity contribution is 5.83. The number of fused-ring (bicyclic) bond motifs is 1. The highest BCUT2D eigenvalue weighted by Gasteiger charge is 2.14. The minimum Gasteiger partial charge on any atom is -0.292 e. The number of imidazole rings is 1. The maximum Gasteiger partial charge on any atom is 0.145 e. The first kappa shape index (κ1) is 13.8. The normalized spacial score (nSPS) is 11.0. The summed E-state index contributed by atoms with van der Waals surface area (Å²) >= 11 is 0. The van der Waals surface area contributed by atoms with E-state index in [0.29, 0.717) is 0 Å². The van der Waals surface area contributed by atoms with E-state index in [9.17, 15) is 0 Å². The quantitative estimate of drug-likeness (QED) is 0.505. The van der Waals surface area contributed by atoms with Crippen LogP contribution in [0.4, 0.5) is 0 Å². The van der Waals surface area contributed by atoms with Gasteiger partial charge in [0.25, 0.3) is 0 Å². The fourth-order valence-corrected chi connectivity index (χ4v) is 2.97. The number of aryl methyl sites for hydroxylation is 1. The van der Waals surface area contributed by atoms with Gasteiger partial charge in [0.05, 0.1) is 11.0 Å². The lowest BCUT2D eigenvalue weighted by atomic mass is 10.1. The van der Waals surface area contributed by atoms with E-state index in [1.54, 1.807) is 0 Å². The molecule has 0 aliphatic rings. The van der Waals surface area contributed by atoms with E-state index >= 15 is 0 Å². The summed E-state index contributed by atoms with van der Waals surface area (Å²) in [5.41, 5.74) is 5.78. The molecule has 4 rings (SSSR count). The second kappa shape index (κ2) is 5.73. The number of benzene rings is 3. The molecule has 0 unspecified atom stereocenters. The lowest BCUT2D eigenvalue weighted by Crippen LogP contribution is -1.97. The molecular weight excluding hydrogens is 280 g/mol. The summed E-state index contributed by atoms with van der Waals surface area (Å²) in [7, 11) is 0. The van der Waals surface area contributed by atoms with Gasteiger partial charge in [-0.1, -0.05) is 61.5 Å². The molecule has 0 radical (unpaired) electrons. The maximum atomic E-state index is 4.93. The van der Waals surface area contributed by atoms with Crippen molar-refractivity contribution < 1.29 is 0 Å². The van der Waals surface area contributed by atoms with E-state index < -0.39 is 0 Å². The van der Waals surface area contributed by atoms with E-state index in [2.05, 4.69) is 78.2 Å². The second-order valence-electron chi connectivity index (χ2n) is 5.65. The first-order valence-electron chi connectivity index (χ1n) is 7.99. The third-order valence-electron chi connectivity index (χ3n) is 4.17. The molecule has 0 saturated carbocycles. The van der Waals surface area contributed by atoms with Crippen LogP contribution in [0, 0.1) is 0 Å². The molecule has 0 atom stereocenters. The Bertz CT molecular complexity index is 938. The van der Waals surface area contributed by atoms with Crippen LogP contribution in [0.5, 0.6) is 0 Å². The van der Waals surface area contributed by atoms with E-state index in [4.69, 9.17) is 4.98 Å². The lowest BCUT2D eigenvalue weighted by molar-refractivity contribution is 1.10. The number of hydrogen-bond donors (Lipinski definition) is 0. The summed E-state index contributed by atoms with van der Waals surface area (Å²) < 4.78 is 2.24. The molecule has 0 spiro atoms. The van der Waals surface area contributed by atoms with Crippen LogP contribution in [0.2, 0.25) is 0 Å². The highest BCUT2D eigenvalue weighted by atomic mass is 15.1. The van der Waals surface area contributed by atoms with Crippen molar-refractivity contribution in [2.24, 2.45) is 0 Å². The fourth-order valence-electron chi connectivity index (χ4n) is 2.97. The van der Waals surface area contributed by atoms with Gasteiger partial charge >= 0.3 is 0 Å². The summed E-state index contributed by atoms with van der Waals surface area (Å²) in [4.78, 5) is 4.93. The van der Waals surface area contributed by atoms with E-state index in [0.717, 1.165) is 34.5 Å². The van der Waals surface area contributed by atoms with Crippen LogP contribution in [0.15, 0.2) is 78.9 Å². The number of nitrogens with zero attached hydrogens (tertiary/aromatic N) is 2. The molecular formula is C21H18N2. The molecule has 0 fully saturated rings. The first-order chi connectivity index (χ1) is 11.4. The molecule has 4 aromatic rings. The largest absolute Gasteiger partial charge is 0.292 e. The molecule has 1 heterocycles. The van der Waals surface area contributed by atoms with Crippen molar-refractivity contribution in [2.75, 3.05) is 0 Å². The molecule has 0 N–H and O–H groups in total. The Kier molecular flexibility index (Phi) is 3.43. The molecule has 112 valence electrons. The van der Waals surface area contributed by atoms with Crippen molar-refractivity contribution in [1.82, 2.24) is 9.55 Å². The zero-order valence-corrected chi connectivity index (χ0v) is 13.1. The van der Waals surface area contributed by atoms with Crippen molar-refractivity contribution in [3.63, 3.8) is 0 Å². The molecule has 2 heteroatoms. The van der Waals surface area contributed by atoms with Crippen LogP contribution >= 0.6 is 0 Å². The van der Waals surface area contributed by atoms with Gasteiger partial charge in [0, 0.05) is 11.3 Å². The Labute approximate surface area is 136 Å². The summed E-state index contributed by atoms with van der Waals surface area (Å²) in [6, 6.07) is 27.4. The molecule has 23 heavy (non-hydrogen) atoms. The summed E-state index contributed by atoms with van der Waals surface area (Å²) in [6.45, 7) is 2.17. The van der Waals surface area contributed by atoms with Crippen molar-refractivity contribution >= 4 is 11.0 Å². The zero-order chi connectivity index (χ0) is 15.6. The van der Waals surface area contributed by atoms with Crippen LogP contribution in [0.3, 0.4) is 0 Å². The van der Waals surface area contributed by atoms with Crippen LogP contribution in [-0.4, -0.2) is 9.55 Å². The standard InChI is InChI=1S/C21H18N2/c1-2-16-13-14-20-19(15-16)22-21(17-9-5-3-6-10-17)23(20)18-11-7-4-8-12-18/h3-15H,2H2,1H3. The molecule has 0 aliphatic heterocycles. The van der Waals surface area contributed by atoms with E-state index in [1.165, 1.54) is 5.56 Å². The third kappa shape index (κ3) is 2.42. The van der Waals surface area contributed by atoms with Gasteiger partial charge < -0.3 is 0 Å². The minimum atomic E-state index is 0.986. The van der Waals surface area contributed by atoms with Gasteiger partial charge in [-0.25, -0.2) is 4.98 Å². The number of aromatic nitrogens is 2. The average molecular weight is 298 g/mol. The zero-order valence-electron chi connectivity index (χ0n) is 13.1. The topological polar surface area (TPSA) is 17.8 Å². The fraction of sp³-hybridized carbons (Fsp3) is 0.0952. The third-order valence-corrected chi connectivity index (χ3v) is 4.17. The van der Waals surface area contributed by atoms with Gasteiger partial charge in [-0.05, 0) is 36.2 Å². The summed E-state index contributed by atoms with van der Waals surface area (Å²) in [6.07, 6.45) is 1.02. The van der Waals surface area contributed by atoms with Gasteiger partial charge in [0.2, 0.25) is 0 Å². The van der Waals surface area contributed by atoms with E-state index in [-0.39, 0.29) is 0 Å². The predicted molar refractivity (Wildman–Crippen MR) is 95.9 cm³/mol. The highest BCUT2D eigenvalue weighted by Crippen LogP contribution is 2.29. The molecule has 1 aromatic heterocycles. The van der Waals surface area contributed by atoms with E-state index in [1.807, 2.05) is 12.1 Å². The molecule has 0 bridgehead atoms. The second-order valence-corrected chi connectivity index (χ2v) is 5.65. The molecule has 2 nitrogen and oxygen atoms in total. The van der Waals surface area contributed by atoms with Crippen LogP contribution < -0.4 is 0 Å². The molecule has 0 amide bonds. The van der Waals surface area contributed by atoms with Crippen LogP contribution in [-0.2, 0) is 6.42 Å². The number of para-hydroxylation sites is 1. The Morgan fingerprint density at radius 1 is 0.826 bits per heavy atom. The first-order valence-corrected chi connectivity index (χ1v) is 7.99.